The zero-order chi connectivity index (χ0) is 16.7. The Labute approximate surface area is 141 Å². The maximum Gasteiger partial charge on any atom is 0.255 e. The molecular formula is C17H24N2O3S. The van der Waals surface area contributed by atoms with E-state index in [0.29, 0.717) is 16.6 Å². The monoisotopic (exact) mass is 336 g/mol. The van der Waals surface area contributed by atoms with E-state index < -0.39 is 5.91 Å². The summed E-state index contributed by atoms with van der Waals surface area (Å²) in [7, 11) is 0. The van der Waals surface area contributed by atoms with Gasteiger partial charge >= 0.3 is 0 Å². The average molecular weight is 336 g/mol. The van der Waals surface area contributed by atoms with Crippen molar-refractivity contribution in [1.29, 1.82) is 0 Å². The van der Waals surface area contributed by atoms with Gasteiger partial charge in [-0.2, -0.15) is 11.8 Å². The number of rotatable bonds is 7. The fraction of sp³-hybridized carbons (Fsp3) is 0.529. The second-order valence-electron chi connectivity index (χ2n) is 5.67. The molecule has 0 spiro atoms. The normalized spacial score (nSPS) is 20.7. The molecule has 1 aliphatic carbocycles. The van der Waals surface area contributed by atoms with Crippen molar-refractivity contribution >= 4 is 23.6 Å². The second kappa shape index (κ2) is 8.82. The van der Waals surface area contributed by atoms with E-state index in [9.17, 15) is 9.59 Å². The first-order valence-electron chi connectivity index (χ1n) is 8.02. The topological polar surface area (TPSA) is 81.4 Å². The van der Waals surface area contributed by atoms with Gasteiger partial charge in [0.2, 0.25) is 0 Å². The van der Waals surface area contributed by atoms with Crippen LogP contribution in [0, 0.1) is 0 Å². The molecule has 5 nitrogen and oxygen atoms in total. The number of amides is 2. The van der Waals surface area contributed by atoms with Crippen LogP contribution >= 0.6 is 11.8 Å². The lowest BCUT2D eigenvalue weighted by atomic mass is 9.94. The van der Waals surface area contributed by atoms with Gasteiger partial charge in [0.25, 0.3) is 11.8 Å². The number of hydrogen-bond acceptors (Lipinski definition) is 4. The molecule has 1 fully saturated rings. The number of primary amides is 1. The third-order valence-electron chi connectivity index (χ3n) is 3.87. The van der Waals surface area contributed by atoms with Crippen LogP contribution in [0.25, 0.3) is 0 Å². The van der Waals surface area contributed by atoms with Gasteiger partial charge in [-0.1, -0.05) is 25.5 Å². The van der Waals surface area contributed by atoms with Crippen molar-refractivity contribution in [3.8, 4) is 5.75 Å². The number of nitrogens with one attached hydrogen (secondary N) is 1. The van der Waals surface area contributed by atoms with Crippen molar-refractivity contribution in [3.05, 3.63) is 29.8 Å². The van der Waals surface area contributed by atoms with Crippen LogP contribution in [0.5, 0.6) is 5.75 Å². The Balaban J connectivity index is 1.98. The molecule has 2 unspecified atom stereocenters. The van der Waals surface area contributed by atoms with Crippen LogP contribution in [0.1, 0.15) is 43.0 Å². The van der Waals surface area contributed by atoms with Crippen LogP contribution < -0.4 is 15.8 Å². The Morgan fingerprint density at radius 1 is 1.35 bits per heavy atom. The molecule has 1 aromatic rings. The van der Waals surface area contributed by atoms with Gasteiger partial charge in [0, 0.05) is 11.3 Å². The summed E-state index contributed by atoms with van der Waals surface area (Å²) in [6.45, 7) is 1.93. The van der Waals surface area contributed by atoms with E-state index in [2.05, 4.69) is 12.2 Å². The Hall–Kier alpha value is -1.69. The summed E-state index contributed by atoms with van der Waals surface area (Å²) in [5, 5.41) is 3.73. The van der Waals surface area contributed by atoms with Gasteiger partial charge < -0.3 is 15.8 Å². The maximum absolute atomic E-state index is 12.5. The zero-order valence-corrected chi connectivity index (χ0v) is 14.2. The number of carbonyl (C=O) groups is 2. The molecule has 1 aromatic carbocycles. The predicted octanol–water partition coefficient (Wildman–Crippen LogP) is 2.34. The van der Waals surface area contributed by atoms with E-state index in [1.165, 1.54) is 6.42 Å². The van der Waals surface area contributed by atoms with E-state index in [-0.39, 0.29) is 18.6 Å². The molecule has 2 rings (SSSR count). The fourth-order valence-electron chi connectivity index (χ4n) is 2.86. The summed E-state index contributed by atoms with van der Waals surface area (Å²) in [4.78, 5) is 23.4. The van der Waals surface area contributed by atoms with E-state index in [4.69, 9.17) is 10.5 Å². The van der Waals surface area contributed by atoms with Crippen LogP contribution in [0.2, 0.25) is 0 Å². The molecule has 3 N–H and O–H groups in total. The molecule has 0 aliphatic heterocycles. The standard InChI is InChI=1S/C17H24N2O3S/c1-2-23-13-7-5-6-12(10-13)19-17(21)14-8-3-4-9-15(14)22-11-16(18)20/h3-4,8-9,12-13H,2,5-7,10-11H2,1H3,(H2,18,20)(H,19,21). The van der Waals surface area contributed by atoms with Crippen molar-refractivity contribution in [3.63, 3.8) is 0 Å². The first-order valence-corrected chi connectivity index (χ1v) is 9.07. The van der Waals surface area contributed by atoms with E-state index in [1.54, 1.807) is 24.3 Å². The first kappa shape index (κ1) is 17.7. The highest BCUT2D eigenvalue weighted by Crippen LogP contribution is 2.29. The van der Waals surface area contributed by atoms with Crippen molar-refractivity contribution in [2.45, 2.75) is 43.9 Å². The summed E-state index contributed by atoms with van der Waals surface area (Å²) >= 11 is 1.97. The van der Waals surface area contributed by atoms with Gasteiger partial charge in [0.1, 0.15) is 5.75 Å². The Morgan fingerprint density at radius 3 is 2.87 bits per heavy atom. The summed E-state index contributed by atoms with van der Waals surface area (Å²) < 4.78 is 5.33. The summed E-state index contributed by atoms with van der Waals surface area (Å²) in [6.07, 6.45) is 4.39. The molecule has 0 radical (unpaired) electrons. The highest BCUT2D eigenvalue weighted by atomic mass is 32.2. The van der Waals surface area contributed by atoms with Gasteiger partial charge in [-0.05, 0) is 37.1 Å². The minimum atomic E-state index is -0.563. The molecule has 126 valence electrons. The smallest absolute Gasteiger partial charge is 0.255 e. The van der Waals surface area contributed by atoms with Crippen LogP contribution in [0.15, 0.2) is 24.3 Å². The largest absolute Gasteiger partial charge is 0.483 e. The van der Waals surface area contributed by atoms with E-state index >= 15 is 0 Å². The molecule has 23 heavy (non-hydrogen) atoms. The van der Waals surface area contributed by atoms with Crippen molar-refractivity contribution in [1.82, 2.24) is 5.32 Å². The molecule has 1 aliphatic rings. The molecule has 0 heterocycles. The predicted molar refractivity (Wildman–Crippen MR) is 92.8 cm³/mol. The van der Waals surface area contributed by atoms with Crippen LogP contribution in [-0.2, 0) is 4.79 Å². The molecule has 0 aromatic heterocycles. The fourth-order valence-corrected chi connectivity index (χ4v) is 4.03. The number of thioether (sulfide) groups is 1. The number of ether oxygens (including phenoxy) is 1. The van der Waals surface area contributed by atoms with Crippen molar-refractivity contribution in [2.24, 2.45) is 5.73 Å². The van der Waals surface area contributed by atoms with Crippen molar-refractivity contribution < 1.29 is 14.3 Å². The Bertz CT molecular complexity index is 548. The van der Waals surface area contributed by atoms with E-state index in [0.717, 1.165) is 25.0 Å². The molecule has 0 saturated heterocycles. The van der Waals surface area contributed by atoms with Gasteiger partial charge in [-0.25, -0.2) is 0 Å². The summed E-state index contributed by atoms with van der Waals surface area (Å²) in [5.74, 6) is 0.776. The molecule has 6 heteroatoms. The number of hydrogen-bond donors (Lipinski definition) is 2. The Kier molecular flexibility index (Phi) is 6.77. The highest BCUT2D eigenvalue weighted by Gasteiger charge is 2.24. The third kappa shape index (κ3) is 5.46. The van der Waals surface area contributed by atoms with Crippen LogP contribution in [0.3, 0.4) is 0 Å². The molecular weight excluding hydrogens is 312 g/mol. The molecule has 0 bridgehead atoms. The second-order valence-corrected chi connectivity index (χ2v) is 7.24. The van der Waals surface area contributed by atoms with Gasteiger partial charge in [-0.15, -0.1) is 0 Å². The maximum atomic E-state index is 12.5. The Morgan fingerprint density at radius 2 is 2.13 bits per heavy atom. The summed E-state index contributed by atoms with van der Waals surface area (Å²) in [5.41, 5.74) is 5.54. The third-order valence-corrected chi connectivity index (χ3v) is 5.10. The van der Waals surface area contributed by atoms with Crippen LogP contribution in [-0.4, -0.2) is 35.5 Å². The van der Waals surface area contributed by atoms with Crippen LogP contribution in [0.4, 0.5) is 0 Å². The molecule has 2 atom stereocenters. The number of nitrogens with two attached hydrogens (primary N) is 1. The number of benzene rings is 1. The lowest BCUT2D eigenvalue weighted by molar-refractivity contribution is -0.119. The molecule has 2 amide bonds. The van der Waals surface area contributed by atoms with Crippen molar-refractivity contribution in [2.75, 3.05) is 12.4 Å². The lowest BCUT2D eigenvalue weighted by Crippen LogP contribution is -2.39. The lowest BCUT2D eigenvalue weighted by Gasteiger charge is -2.29. The summed E-state index contributed by atoms with van der Waals surface area (Å²) in [6, 6.07) is 7.12. The minimum absolute atomic E-state index is 0.155. The first-order chi connectivity index (χ1) is 11.1. The molecule has 1 saturated carbocycles. The minimum Gasteiger partial charge on any atom is -0.483 e. The highest BCUT2D eigenvalue weighted by molar-refractivity contribution is 7.99. The SMILES string of the molecule is CCSC1CCCC(NC(=O)c2ccccc2OCC(N)=O)C1. The van der Waals surface area contributed by atoms with Gasteiger partial charge in [-0.3, -0.25) is 9.59 Å². The van der Waals surface area contributed by atoms with Gasteiger partial charge in [0.15, 0.2) is 6.61 Å². The quantitative estimate of drug-likeness (QED) is 0.801. The average Bonchev–Trinajstić information content (AvgIpc) is 2.54. The number of carbonyl (C=O) groups excluding carboxylic acids is 2. The van der Waals surface area contributed by atoms with E-state index in [1.807, 2.05) is 11.8 Å². The number of para-hydroxylation sites is 1. The van der Waals surface area contributed by atoms with Gasteiger partial charge in [0.05, 0.1) is 5.56 Å². The zero-order valence-electron chi connectivity index (χ0n) is 13.4.